The number of sulfonamides is 1. The Hall–Kier alpha value is -3.05. The molecule has 0 aliphatic heterocycles. The lowest BCUT2D eigenvalue weighted by Gasteiger charge is -2.12. The van der Waals surface area contributed by atoms with Crippen molar-refractivity contribution in [1.29, 1.82) is 0 Å². The van der Waals surface area contributed by atoms with Crippen LogP contribution in [0.1, 0.15) is 11.1 Å². The molecule has 0 saturated heterocycles. The van der Waals surface area contributed by atoms with Crippen LogP contribution in [0.25, 0.3) is 0 Å². The summed E-state index contributed by atoms with van der Waals surface area (Å²) in [6.45, 7) is 0. The first-order chi connectivity index (χ1) is 15.5. The fourth-order valence-electron chi connectivity index (χ4n) is 2.73. The molecular formula is C22H18F4N2O3S2. The highest BCUT2D eigenvalue weighted by Gasteiger charge is 2.30. The van der Waals surface area contributed by atoms with Gasteiger partial charge < -0.3 is 5.32 Å². The summed E-state index contributed by atoms with van der Waals surface area (Å²) in [6.07, 6.45) is -4.60. The monoisotopic (exact) mass is 498 g/mol. The number of alkyl halides is 3. The fourth-order valence-corrected chi connectivity index (χ4v) is 4.57. The van der Waals surface area contributed by atoms with Crippen molar-refractivity contribution in [2.45, 2.75) is 16.8 Å². The first kappa shape index (κ1) is 24.6. The average molecular weight is 499 g/mol. The average Bonchev–Trinajstić information content (AvgIpc) is 2.75. The van der Waals surface area contributed by atoms with Crippen molar-refractivity contribution in [3.8, 4) is 0 Å². The number of amides is 1. The number of rotatable bonds is 8. The van der Waals surface area contributed by atoms with Gasteiger partial charge in [0.1, 0.15) is 5.82 Å². The van der Waals surface area contributed by atoms with Crippen LogP contribution in [0, 0.1) is 5.82 Å². The van der Waals surface area contributed by atoms with Crippen molar-refractivity contribution in [3.63, 3.8) is 0 Å². The number of carbonyl (C=O) groups excluding carboxylic acids is 1. The highest BCUT2D eigenvalue weighted by atomic mass is 32.2. The number of carbonyl (C=O) groups is 1. The van der Waals surface area contributed by atoms with Gasteiger partial charge in [-0.25, -0.2) is 12.8 Å². The Balaban J connectivity index is 1.56. The quantitative estimate of drug-likeness (QED) is 0.401. The van der Waals surface area contributed by atoms with Crippen LogP contribution in [-0.4, -0.2) is 20.1 Å². The Kier molecular flexibility index (Phi) is 7.65. The van der Waals surface area contributed by atoms with Gasteiger partial charge >= 0.3 is 6.18 Å². The van der Waals surface area contributed by atoms with Crippen molar-refractivity contribution in [1.82, 2.24) is 0 Å². The van der Waals surface area contributed by atoms with Crippen molar-refractivity contribution in [2.75, 3.05) is 15.8 Å². The highest BCUT2D eigenvalue weighted by Crippen LogP contribution is 2.31. The molecule has 11 heteroatoms. The van der Waals surface area contributed by atoms with E-state index in [1.54, 1.807) is 12.1 Å². The molecule has 0 radical (unpaired) electrons. The number of thioether (sulfide) groups is 1. The summed E-state index contributed by atoms with van der Waals surface area (Å²) < 4.78 is 78.5. The molecule has 174 valence electrons. The summed E-state index contributed by atoms with van der Waals surface area (Å²) in [6, 6.07) is 15.0. The molecule has 0 heterocycles. The third-order valence-corrected chi connectivity index (χ3v) is 6.71. The van der Waals surface area contributed by atoms with Gasteiger partial charge in [0.2, 0.25) is 5.91 Å². The van der Waals surface area contributed by atoms with Crippen LogP contribution in [0.2, 0.25) is 0 Å². The molecule has 3 aromatic rings. The van der Waals surface area contributed by atoms with Crippen LogP contribution in [0.3, 0.4) is 0 Å². The molecular weight excluding hydrogens is 480 g/mol. The number of hydrogen-bond donors (Lipinski definition) is 2. The zero-order chi connectivity index (χ0) is 24.1. The zero-order valence-corrected chi connectivity index (χ0v) is 18.5. The molecule has 0 fully saturated rings. The number of benzene rings is 3. The molecule has 2 N–H and O–H groups in total. The minimum absolute atomic E-state index is 0.133. The maximum atomic E-state index is 12.9. The summed E-state index contributed by atoms with van der Waals surface area (Å²) >= 11 is 1.33. The van der Waals surface area contributed by atoms with E-state index >= 15 is 0 Å². The molecule has 1 amide bonds. The second-order valence-electron chi connectivity index (χ2n) is 6.88. The number of halogens is 4. The van der Waals surface area contributed by atoms with Crippen molar-refractivity contribution in [3.05, 3.63) is 89.7 Å². The van der Waals surface area contributed by atoms with E-state index in [-0.39, 0.29) is 28.1 Å². The minimum atomic E-state index is -4.60. The second kappa shape index (κ2) is 10.3. The van der Waals surface area contributed by atoms with Crippen LogP contribution in [0.15, 0.2) is 77.7 Å². The molecule has 3 aromatic carbocycles. The van der Waals surface area contributed by atoms with E-state index < -0.39 is 21.8 Å². The molecule has 0 aliphatic rings. The third-order valence-electron chi connectivity index (χ3n) is 4.31. The van der Waals surface area contributed by atoms with Gasteiger partial charge in [-0.05, 0) is 60.2 Å². The Morgan fingerprint density at radius 1 is 0.909 bits per heavy atom. The van der Waals surface area contributed by atoms with Crippen LogP contribution < -0.4 is 10.0 Å². The largest absolute Gasteiger partial charge is 0.416 e. The number of nitrogens with one attached hydrogen (secondary N) is 2. The molecule has 0 saturated carbocycles. The van der Waals surface area contributed by atoms with E-state index in [1.165, 1.54) is 54.2 Å². The third kappa shape index (κ3) is 7.22. The first-order valence-electron chi connectivity index (χ1n) is 9.45. The molecule has 5 nitrogen and oxygen atoms in total. The summed E-state index contributed by atoms with van der Waals surface area (Å²) in [5, 5.41) is 2.63. The van der Waals surface area contributed by atoms with E-state index in [2.05, 4.69) is 10.0 Å². The molecule has 3 rings (SSSR count). The van der Waals surface area contributed by atoms with Crippen LogP contribution in [0.5, 0.6) is 0 Å². The van der Waals surface area contributed by atoms with E-state index in [0.29, 0.717) is 17.5 Å². The van der Waals surface area contributed by atoms with Crippen molar-refractivity contribution in [2.24, 2.45) is 0 Å². The number of hydrogen-bond acceptors (Lipinski definition) is 4. The van der Waals surface area contributed by atoms with Gasteiger partial charge in [-0.2, -0.15) is 13.2 Å². The van der Waals surface area contributed by atoms with Gasteiger partial charge in [0.25, 0.3) is 10.0 Å². The van der Waals surface area contributed by atoms with Gasteiger partial charge in [-0.15, -0.1) is 11.8 Å². The molecule has 0 aromatic heterocycles. The predicted octanol–water partition coefficient (Wildman–Crippen LogP) is 5.52. The van der Waals surface area contributed by atoms with Gasteiger partial charge in [-0.3, -0.25) is 9.52 Å². The Morgan fingerprint density at radius 3 is 2.21 bits per heavy atom. The SMILES string of the molecule is O=C(CSCc1ccc(F)cc1)Nc1ccc(S(=O)(=O)Nc2cccc(C(F)(F)F)c2)cc1. The van der Waals surface area contributed by atoms with Crippen LogP contribution >= 0.6 is 11.8 Å². The normalized spacial score (nSPS) is 11.8. The summed E-state index contributed by atoms with van der Waals surface area (Å²) in [7, 11) is -4.13. The molecule has 0 atom stereocenters. The molecule has 0 aliphatic carbocycles. The van der Waals surface area contributed by atoms with Crippen molar-refractivity contribution >= 4 is 39.1 Å². The number of anilines is 2. The smallest absolute Gasteiger partial charge is 0.325 e. The van der Waals surface area contributed by atoms with Crippen molar-refractivity contribution < 1.29 is 30.8 Å². The van der Waals surface area contributed by atoms with Gasteiger partial charge in [-0.1, -0.05) is 18.2 Å². The molecule has 33 heavy (non-hydrogen) atoms. The zero-order valence-electron chi connectivity index (χ0n) is 16.9. The lowest BCUT2D eigenvalue weighted by Crippen LogP contribution is -2.15. The predicted molar refractivity (Wildman–Crippen MR) is 120 cm³/mol. The second-order valence-corrected chi connectivity index (χ2v) is 9.54. The standard InChI is InChI=1S/C22H18F4N2O3S2/c23-17-6-4-15(5-7-17)13-32-14-21(29)27-18-8-10-20(11-9-18)33(30,31)28-19-3-1-2-16(12-19)22(24,25)26/h1-12,28H,13-14H2,(H,27,29). The van der Waals surface area contributed by atoms with Crippen LogP contribution in [0.4, 0.5) is 28.9 Å². The summed E-state index contributed by atoms with van der Waals surface area (Å²) in [4.78, 5) is 11.9. The lowest BCUT2D eigenvalue weighted by atomic mass is 10.2. The topological polar surface area (TPSA) is 75.3 Å². The van der Waals surface area contributed by atoms with E-state index in [4.69, 9.17) is 0 Å². The molecule has 0 unspecified atom stereocenters. The Labute approximate surface area is 192 Å². The van der Waals surface area contributed by atoms with Gasteiger partial charge in [0.15, 0.2) is 0 Å². The Bertz CT molecular complexity index is 1210. The maximum Gasteiger partial charge on any atom is 0.416 e. The fraction of sp³-hybridized carbons (Fsp3) is 0.136. The van der Waals surface area contributed by atoms with Gasteiger partial charge in [0.05, 0.1) is 16.2 Å². The summed E-state index contributed by atoms with van der Waals surface area (Å²) in [5.74, 6) is 0.0115. The van der Waals surface area contributed by atoms with Gasteiger partial charge in [0, 0.05) is 17.1 Å². The highest BCUT2D eigenvalue weighted by molar-refractivity contribution is 7.99. The van der Waals surface area contributed by atoms with E-state index in [9.17, 15) is 30.8 Å². The Morgan fingerprint density at radius 2 is 1.58 bits per heavy atom. The first-order valence-corrected chi connectivity index (χ1v) is 12.1. The molecule has 0 bridgehead atoms. The minimum Gasteiger partial charge on any atom is -0.325 e. The van der Waals surface area contributed by atoms with E-state index in [1.807, 2.05) is 0 Å². The lowest BCUT2D eigenvalue weighted by molar-refractivity contribution is -0.137. The van der Waals surface area contributed by atoms with Crippen LogP contribution in [-0.2, 0) is 26.7 Å². The van der Waals surface area contributed by atoms with E-state index in [0.717, 1.165) is 17.7 Å². The molecule has 0 spiro atoms. The maximum absolute atomic E-state index is 12.9. The summed E-state index contributed by atoms with van der Waals surface area (Å²) in [5.41, 5.74) is 0.0378.